The number of amides is 2. The van der Waals surface area contributed by atoms with Gasteiger partial charge in [0.15, 0.2) is 5.11 Å². The highest BCUT2D eigenvalue weighted by molar-refractivity contribution is 7.80. The van der Waals surface area contributed by atoms with Crippen molar-refractivity contribution >= 4 is 34.8 Å². The summed E-state index contributed by atoms with van der Waals surface area (Å²) < 4.78 is 5.08. The van der Waals surface area contributed by atoms with Crippen molar-refractivity contribution in [2.45, 2.75) is 0 Å². The van der Waals surface area contributed by atoms with E-state index < -0.39 is 16.7 Å². The van der Waals surface area contributed by atoms with Crippen LogP contribution in [0.3, 0.4) is 0 Å². The van der Waals surface area contributed by atoms with E-state index in [1.165, 1.54) is 31.4 Å². The van der Waals surface area contributed by atoms with E-state index in [4.69, 9.17) is 17.0 Å². The Morgan fingerprint density at radius 1 is 1.00 bits per heavy atom. The third-order valence-electron chi connectivity index (χ3n) is 3.21. The molecule has 134 valence electrons. The van der Waals surface area contributed by atoms with Crippen molar-refractivity contribution in [1.82, 2.24) is 16.2 Å². The highest BCUT2D eigenvalue weighted by Crippen LogP contribution is 2.17. The number of methoxy groups -OCH3 is 1. The number of para-hydroxylation sites is 2. The van der Waals surface area contributed by atoms with Crippen LogP contribution in [0.5, 0.6) is 5.75 Å². The Hall–Kier alpha value is -3.53. The molecular formula is C16H14N4O5S. The monoisotopic (exact) mass is 374 g/mol. The lowest BCUT2D eigenvalue weighted by atomic mass is 10.1. The second-order valence-corrected chi connectivity index (χ2v) is 5.25. The number of rotatable bonds is 4. The maximum absolute atomic E-state index is 12.1. The number of hydrogen-bond acceptors (Lipinski definition) is 6. The SMILES string of the molecule is COc1ccccc1C(=O)NNC(=S)NC(=O)c1ccccc1[N+](=O)[O-]. The first kappa shape index (κ1) is 18.8. The number of hydrogen-bond donors (Lipinski definition) is 3. The molecule has 0 spiro atoms. The highest BCUT2D eigenvalue weighted by atomic mass is 32.1. The lowest BCUT2D eigenvalue weighted by Crippen LogP contribution is -2.48. The van der Waals surface area contributed by atoms with Crippen LogP contribution in [0.2, 0.25) is 0 Å². The van der Waals surface area contributed by atoms with E-state index in [2.05, 4.69) is 16.2 Å². The number of carbonyl (C=O) groups is 2. The van der Waals surface area contributed by atoms with Gasteiger partial charge in [0.05, 0.1) is 17.6 Å². The van der Waals surface area contributed by atoms with E-state index in [0.29, 0.717) is 5.75 Å². The van der Waals surface area contributed by atoms with Crippen LogP contribution in [0.1, 0.15) is 20.7 Å². The molecule has 0 heterocycles. The molecule has 2 amide bonds. The molecule has 10 heteroatoms. The van der Waals surface area contributed by atoms with Crippen molar-refractivity contribution in [2.24, 2.45) is 0 Å². The van der Waals surface area contributed by atoms with E-state index in [9.17, 15) is 19.7 Å². The van der Waals surface area contributed by atoms with E-state index in [1.807, 2.05) is 0 Å². The zero-order chi connectivity index (χ0) is 19.1. The van der Waals surface area contributed by atoms with Gasteiger partial charge in [0, 0.05) is 6.07 Å². The summed E-state index contributed by atoms with van der Waals surface area (Å²) in [5.41, 5.74) is 4.41. The first-order chi connectivity index (χ1) is 12.4. The summed E-state index contributed by atoms with van der Waals surface area (Å²) in [5.74, 6) is -0.951. The van der Waals surface area contributed by atoms with Crippen molar-refractivity contribution < 1.29 is 19.2 Å². The molecule has 0 bridgehead atoms. The zero-order valence-electron chi connectivity index (χ0n) is 13.5. The predicted octanol–water partition coefficient (Wildman–Crippen LogP) is 1.55. The van der Waals surface area contributed by atoms with Crippen molar-refractivity contribution in [2.75, 3.05) is 7.11 Å². The number of carbonyl (C=O) groups excluding carboxylic acids is 2. The Balaban J connectivity index is 1.98. The molecule has 2 rings (SSSR count). The molecule has 2 aromatic rings. The molecule has 0 unspecified atom stereocenters. The average molecular weight is 374 g/mol. The highest BCUT2D eigenvalue weighted by Gasteiger charge is 2.20. The average Bonchev–Trinajstić information content (AvgIpc) is 2.65. The fourth-order valence-electron chi connectivity index (χ4n) is 2.04. The van der Waals surface area contributed by atoms with Gasteiger partial charge >= 0.3 is 0 Å². The molecule has 9 nitrogen and oxygen atoms in total. The van der Waals surface area contributed by atoms with Gasteiger partial charge in [-0.1, -0.05) is 24.3 Å². The molecule has 0 atom stereocenters. The summed E-state index contributed by atoms with van der Waals surface area (Å²) in [6, 6.07) is 12.0. The molecule has 3 N–H and O–H groups in total. The molecule has 0 saturated carbocycles. The van der Waals surface area contributed by atoms with Gasteiger partial charge in [-0.3, -0.25) is 35.9 Å². The van der Waals surface area contributed by atoms with Crippen LogP contribution in [-0.4, -0.2) is 29.0 Å². The van der Waals surface area contributed by atoms with E-state index in [0.717, 1.165) is 0 Å². The molecule has 0 saturated heterocycles. The number of ether oxygens (including phenoxy) is 1. The number of benzene rings is 2. The van der Waals surface area contributed by atoms with Crippen LogP contribution >= 0.6 is 12.2 Å². The topological polar surface area (TPSA) is 123 Å². The minimum Gasteiger partial charge on any atom is -0.496 e. The zero-order valence-corrected chi connectivity index (χ0v) is 14.3. The first-order valence-electron chi connectivity index (χ1n) is 7.22. The van der Waals surface area contributed by atoms with Crippen molar-refractivity contribution in [3.63, 3.8) is 0 Å². The van der Waals surface area contributed by atoms with Crippen molar-refractivity contribution in [1.29, 1.82) is 0 Å². The molecule has 0 aliphatic carbocycles. The van der Waals surface area contributed by atoms with Gasteiger partial charge in [0.2, 0.25) is 0 Å². The Kier molecular flexibility index (Phi) is 6.17. The lowest BCUT2D eigenvalue weighted by Gasteiger charge is -2.12. The number of nitrogens with one attached hydrogen (secondary N) is 3. The molecule has 0 aliphatic heterocycles. The minimum absolute atomic E-state index is 0.155. The predicted molar refractivity (Wildman–Crippen MR) is 96.8 cm³/mol. The van der Waals surface area contributed by atoms with Crippen LogP contribution in [0.15, 0.2) is 48.5 Å². The van der Waals surface area contributed by atoms with Gasteiger partial charge in [-0.2, -0.15) is 0 Å². The van der Waals surface area contributed by atoms with Gasteiger partial charge in [-0.15, -0.1) is 0 Å². The minimum atomic E-state index is -0.777. The summed E-state index contributed by atoms with van der Waals surface area (Å²) in [6.07, 6.45) is 0. The Bertz CT molecular complexity index is 871. The Morgan fingerprint density at radius 2 is 1.62 bits per heavy atom. The molecule has 0 aromatic heterocycles. The largest absolute Gasteiger partial charge is 0.496 e. The second-order valence-electron chi connectivity index (χ2n) is 4.84. The van der Waals surface area contributed by atoms with Crippen LogP contribution in [-0.2, 0) is 0 Å². The standard InChI is InChI=1S/C16H14N4O5S/c1-25-13-9-5-3-7-11(13)15(22)18-19-16(26)17-14(21)10-6-2-4-8-12(10)20(23)24/h2-9H,1H3,(H,18,22)(H2,17,19,21,26). The number of nitro groups is 1. The van der Waals surface area contributed by atoms with E-state index >= 15 is 0 Å². The third kappa shape index (κ3) is 4.51. The molecular weight excluding hydrogens is 360 g/mol. The fraction of sp³-hybridized carbons (Fsp3) is 0.0625. The van der Waals surface area contributed by atoms with Crippen LogP contribution in [0.25, 0.3) is 0 Å². The van der Waals surface area contributed by atoms with Gasteiger partial charge < -0.3 is 4.74 Å². The Labute approximate surface area is 153 Å². The number of hydrazine groups is 1. The Morgan fingerprint density at radius 3 is 2.27 bits per heavy atom. The molecule has 0 fully saturated rings. The maximum atomic E-state index is 12.1. The number of nitrogens with zero attached hydrogens (tertiary/aromatic N) is 1. The maximum Gasteiger partial charge on any atom is 0.282 e. The summed E-state index contributed by atoms with van der Waals surface area (Å²) >= 11 is 4.91. The molecule has 2 aromatic carbocycles. The third-order valence-corrected chi connectivity index (χ3v) is 3.42. The quantitative estimate of drug-likeness (QED) is 0.421. The summed E-state index contributed by atoms with van der Waals surface area (Å²) in [5, 5.41) is 13.0. The number of thiocarbonyl (C=S) groups is 1. The smallest absolute Gasteiger partial charge is 0.282 e. The molecule has 0 radical (unpaired) electrons. The van der Waals surface area contributed by atoms with Gasteiger partial charge in [-0.25, -0.2) is 0 Å². The van der Waals surface area contributed by atoms with Crippen molar-refractivity contribution in [3.8, 4) is 5.75 Å². The number of nitro benzene ring substituents is 1. The second kappa shape index (κ2) is 8.53. The first-order valence-corrected chi connectivity index (χ1v) is 7.63. The van der Waals surface area contributed by atoms with Gasteiger partial charge in [0.1, 0.15) is 11.3 Å². The summed E-state index contributed by atoms with van der Waals surface area (Å²) in [6.45, 7) is 0. The van der Waals surface area contributed by atoms with Crippen LogP contribution in [0, 0.1) is 10.1 Å². The lowest BCUT2D eigenvalue weighted by molar-refractivity contribution is -0.385. The summed E-state index contributed by atoms with van der Waals surface area (Å²) in [4.78, 5) is 34.5. The molecule has 0 aliphatic rings. The van der Waals surface area contributed by atoms with E-state index in [-0.39, 0.29) is 21.9 Å². The van der Waals surface area contributed by atoms with Crippen LogP contribution in [0.4, 0.5) is 5.69 Å². The van der Waals surface area contributed by atoms with Crippen LogP contribution < -0.4 is 20.9 Å². The van der Waals surface area contributed by atoms with Gasteiger partial charge in [0.25, 0.3) is 17.5 Å². The van der Waals surface area contributed by atoms with E-state index in [1.54, 1.807) is 24.3 Å². The summed E-state index contributed by atoms with van der Waals surface area (Å²) in [7, 11) is 1.43. The van der Waals surface area contributed by atoms with Gasteiger partial charge in [-0.05, 0) is 30.4 Å². The van der Waals surface area contributed by atoms with Crippen molar-refractivity contribution in [3.05, 3.63) is 69.8 Å². The molecule has 26 heavy (non-hydrogen) atoms. The fourth-order valence-corrected chi connectivity index (χ4v) is 2.18. The normalized spacial score (nSPS) is 9.73.